The number of amides is 1. The van der Waals surface area contributed by atoms with Gasteiger partial charge in [-0.05, 0) is 29.8 Å². The molecule has 116 valence electrons. The number of furan rings is 1. The van der Waals surface area contributed by atoms with Crippen molar-refractivity contribution >= 4 is 17.5 Å². The Bertz CT molecular complexity index is 666. The Hall–Kier alpha value is -1.85. The summed E-state index contributed by atoms with van der Waals surface area (Å²) in [6.07, 6.45) is 0. The number of carbonyl (C=O) groups is 1. The van der Waals surface area contributed by atoms with Gasteiger partial charge >= 0.3 is 0 Å². The molecule has 1 saturated heterocycles. The Morgan fingerprint density at radius 1 is 1.14 bits per heavy atom. The largest absolute Gasteiger partial charge is 0.440 e. The monoisotopic (exact) mass is 322 g/mol. The van der Waals surface area contributed by atoms with E-state index in [4.69, 9.17) is 16.0 Å². The van der Waals surface area contributed by atoms with Gasteiger partial charge in [0.1, 0.15) is 5.82 Å². The van der Waals surface area contributed by atoms with E-state index >= 15 is 0 Å². The molecule has 2 aromatic rings. The number of hydrogen-bond acceptors (Lipinski definition) is 3. The van der Waals surface area contributed by atoms with E-state index < -0.39 is 0 Å². The molecule has 1 aromatic carbocycles. The molecule has 0 atom stereocenters. The highest BCUT2D eigenvalue weighted by Gasteiger charge is 2.24. The lowest BCUT2D eigenvalue weighted by molar-refractivity contribution is 0.0596. The molecular weight excluding hydrogens is 307 g/mol. The zero-order valence-corrected chi connectivity index (χ0v) is 12.7. The first-order chi connectivity index (χ1) is 10.6. The van der Waals surface area contributed by atoms with Crippen LogP contribution in [0.4, 0.5) is 4.39 Å². The lowest BCUT2D eigenvalue weighted by atomic mass is 10.2. The van der Waals surface area contributed by atoms with Crippen molar-refractivity contribution in [2.75, 3.05) is 26.2 Å². The van der Waals surface area contributed by atoms with Gasteiger partial charge < -0.3 is 9.32 Å². The van der Waals surface area contributed by atoms with Crippen LogP contribution in [0, 0.1) is 5.82 Å². The zero-order valence-electron chi connectivity index (χ0n) is 12.0. The molecule has 1 fully saturated rings. The van der Waals surface area contributed by atoms with Gasteiger partial charge in [-0.2, -0.15) is 0 Å². The Morgan fingerprint density at radius 3 is 2.50 bits per heavy atom. The minimum Gasteiger partial charge on any atom is -0.440 e. The van der Waals surface area contributed by atoms with Crippen molar-refractivity contribution in [2.45, 2.75) is 6.54 Å². The average molecular weight is 323 g/mol. The van der Waals surface area contributed by atoms with E-state index in [9.17, 15) is 9.18 Å². The molecule has 0 radical (unpaired) electrons. The summed E-state index contributed by atoms with van der Waals surface area (Å²) < 4.78 is 18.8. The highest BCUT2D eigenvalue weighted by molar-refractivity contribution is 6.29. The number of benzene rings is 1. The van der Waals surface area contributed by atoms with E-state index in [0.29, 0.717) is 38.3 Å². The summed E-state index contributed by atoms with van der Waals surface area (Å²) in [5, 5.41) is 0.210. The Balaban J connectivity index is 1.56. The van der Waals surface area contributed by atoms with Gasteiger partial charge in [0.25, 0.3) is 5.91 Å². The summed E-state index contributed by atoms with van der Waals surface area (Å²) in [5.41, 5.74) is 0.681. The quantitative estimate of drug-likeness (QED) is 0.871. The minimum absolute atomic E-state index is 0.155. The van der Waals surface area contributed by atoms with Crippen molar-refractivity contribution in [3.8, 4) is 0 Å². The van der Waals surface area contributed by atoms with Crippen LogP contribution in [0.2, 0.25) is 5.22 Å². The number of halogens is 2. The third-order valence-corrected chi connectivity index (χ3v) is 4.00. The molecule has 1 aromatic heterocycles. The van der Waals surface area contributed by atoms with Gasteiger partial charge in [-0.15, -0.1) is 0 Å². The van der Waals surface area contributed by atoms with E-state index in [-0.39, 0.29) is 22.7 Å². The van der Waals surface area contributed by atoms with E-state index in [0.717, 1.165) is 0 Å². The van der Waals surface area contributed by atoms with Gasteiger partial charge in [-0.1, -0.05) is 18.2 Å². The van der Waals surface area contributed by atoms with Crippen LogP contribution in [0.15, 0.2) is 40.8 Å². The summed E-state index contributed by atoms with van der Waals surface area (Å²) >= 11 is 5.69. The fourth-order valence-corrected chi connectivity index (χ4v) is 2.71. The van der Waals surface area contributed by atoms with Gasteiger partial charge in [0.2, 0.25) is 0 Å². The fraction of sp³-hybridized carbons (Fsp3) is 0.312. The molecule has 1 amide bonds. The summed E-state index contributed by atoms with van der Waals surface area (Å²) in [7, 11) is 0. The van der Waals surface area contributed by atoms with Crippen LogP contribution in [-0.4, -0.2) is 41.9 Å². The second-order valence-electron chi connectivity index (χ2n) is 5.26. The van der Waals surface area contributed by atoms with Gasteiger partial charge in [-0.3, -0.25) is 9.69 Å². The van der Waals surface area contributed by atoms with Gasteiger partial charge in [0, 0.05) is 38.3 Å². The number of hydrogen-bond donors (Lipinski definition) is 0. The predicted molar refractivity (Wildman–Crippen MR) is 81.3 cm³/mol. The highest BCUT2D eigenvalue weighted by atomic mass is 35.5. The Kier molecular flexibility index (Phi) is 4.45. The SMILES string of the molecule is O=C(c1ccc(Cl)o1)N1CCN(Cc2ccccc2F)CC1. The van der Waals surface area contributed by atoms with E-state index in [1.165, 1.54) is 6.07 Å². The van der Waals surface area contributed by atoms with Crippen LogP contribution >= 0.6 is 11.6 Å². The molecule has 0 spiro atoms. The minimum atomic E-state index is -0.189. The molecule has 0 bridgehead atoms. The van der Waals surface area contributed by atoms with Crippen molar-refractivity contribution in [3.05, 3.63) is 58.8 Å². The molecule has 6 heteroatoms. The first-order valence-electron chi connectivity index (χ1n) is 7.14. The molecule has 0 unspecified atom stereocenters. The van der Waals surface area contributed by atoms with Crippen LogP contribution in [0.1, 0.15) is 16.1 Å². The first kappa shape index (κ1) is 15.1. The van der Waals surface area contributed by atoms with Crippen molar-refractivity contribution in [3.63, 3.8) is 0 Å². The summed E-state index contributed by atoms with van der Waals surface area (Å²) in [5.74, 6) is -0.0868. The number of piperazine rings is 1. The second kappa shape index (κ2) is 6.50. The molecular formula is C16H16ClFN2O2. The van der Waals surface area contributed by atoms with Crippen LogP contribution in [0.3, 0.4) is 0 Å². The van der Waals surface area contributed by atoms with Gasteiger partial charge in [-0.25, -0.2) is 4.39 Å². The van der Waals surface area contributed by atoms with E-state index in [2.05, 4.69) is 4.90 Å². The molecule has 0 saturated carbocycles. The molecule has 1 aliphatic rings. The van der Waals surface area contributed by atoms with Gasteiger partial charge in [0.05, 0.1) is 0 Å². The predicted octanol–water partition coefficient (Wildman–Crippen LogP) is 3.03. The topological polar surface area (TPSA) is 36.7 Å². The molecule has 0 N–H and O–H groups in total. The summed E-state index contributed by atoms with van der Waals surface area (Å²) in [4.78, 5) is 16.1. The van der Waals surface area contributed by atoms with E-state index in [1.54, 1.807) is 29.2 Å². The van der Waals surface area contributed by atoms with Crippen LogP contribution in [0.5, 0.6) is 0 Å². The van der Waals surface area contributed by atoms with E-state index in [1.807, 2.05) is 6.07 Å². The molecule has 0 aliphatic carbocycles. The smallest absolute Gasteiger partial charge is 0.289 e. The number of nitrogens with zero attached hydrogens (tertiary/aromatic N) is 2. The number of rotatable bonds is 3. The van der Waals surface area contributed by atoms with Crippen LogP contribution in [0.25, 0.3) is 0 Å². The van der Waals surface area contributed by atoms with Crippen molar-refractivity contribution in [1.82, 2.24) is 9.80 Å². The lowest BCUT2D eigenvalue weighted by Gasteiger charge is -2.34. The Labute approximate surface area is 133 Å². The standard InChI is InChI=1S/C16H16ClFN2O2/c17-15-6-5-14(22-15)16(21)20-9-7-19(8-10-20)11-12-3-1-2-4-13(12)18/h1-6H,7-11H2. The molecule has 2 heterocycles. The van der Waals surface area contributed by atoms with Gasteiger partial charge in [0.15, 0.2) is 11.0 Å². The van der Waals surface area contributed by atoms with Crippen molar-refractivity contribution in [1.29, 1.82) is 0 Å². The van der Waals surface area contributed by atoms with Crippen molar-refractivity contribution in [2.24, 2.45) is 0 Å². The zero-order chi connectivity index (χ0) is 15.5. The molecule has 4 nitrogen and oxygen atoms in total. The fourth-order valence-electron chi connectivity index (χ4n) is 2.56. The molecule has 22 heavy (non-hydrogen) atoms. The average Bonchev–Trinajstić information content (AvgIpc) is 2.96. The summed E-state index contributed by atoms with van der Waals surface area (Å²) in [6.45, 7) is 3.14. The molecule has 1 aliphatic heterocycles. The van der Waals surface area contributed by atoms with Crippen molar-refractivity contribution < 1.29 is 13.6 Å². The summed E-state index contributed by atoms with van der Waals surface area (Å²) in [6, 6.07) is 9.91. The third kappa shape index (κ3) is 3.31. The third-order valence-electron chi connectivity index (χ3n) is 3.80. The second-order valence-corrected chi connectivity index (χ2v) is 5.64. The molecule has 3 rings (SSSR count). The normalized spacial score (nSPS) is 16.0. The maximum absolute atomic E-state index is 13.7. The maximum Gasteiger partial charge on any atom is 0.289 e. The maximum atomic E-state index is 13.7. The number of carbonyl (C=O) groups excluding carboxylic acids is 1. The lowest BCUT2D eigenvalue weighted by Crippen LogP contribution is -2.48. The highest BCUT2D eigenvalue weighted by Crippen LogP contribution is 2.17. The van der Waals surface area contributed by atoms with Crippen LogP contribution in [-0.2, 0) is 6.54 Å². The van der Waals surface area contributed by atoms with Crippen LogP contribution < -0.4 is 0 Å². The first-order valence-corrected chi connectivity index (χ1v) is 7.51. The Morgan fingerprint density at radius 2 is 1.86 bits per heavy atom.